The summed E-state index contributed by atoms with van der Waals surface area (Å²) in [6, 6.07) is 4.07. The first-order valence-electron chi connectivity index (χ1n) is 7.88. The molecule has 1 saturated heterocycles. The van der Waals surface area contributed by atoms with Gasteiger partial charge < -0.3 is 20.6 Å². The van der Waals surface area contributed by atoms with Gasteiger partial charge in [-0.1, -0.05) is 12.1 Å². The lowest BCUT2D eigenvalue weighted by Crippen LogP contribution is -2.46. The molecule has 1 aromatic carbocycles. The number of nitrogens with one attached hydrogen (secondary N) is 2. The van der Waals surface area contributed by atoms with Crippen molar-refractivity contribution in [1.82, 2.24) is 10.2 Å². The van der Waals surface area contributed by atoms with Gasteiger partial charge in [0.15, 0.2) is 0 Å². The number of hydrogen-bond acceptors (Lipinski definition) is 4. The van der Waals surface area contributed by atoms with E-state index in [0.29, 0.717) is 6.54 Å². The van der Waals surface area contributed by atoms with Crippen LogP contribution in [-0.4, -0.2) is 53.6 Å². The lowest BCUT2D eigenvalue weighted by atomic mass is 10.1. The molecule has 0 spiro atoms. The number of carbonyl (C=O) groups is 2. The van der Waals surface area contributed by atoms with Crippen LogP contribution in [0, 0.1) is 0 Å². The van der Waals surface area contributed by atoms with E-state index < -0.39 is 29.8 Å². The molecule has 0 saturated carbocycles. The van der Waals surface area contributed by atoms with E-state index in [1.54, 1.807) is 6.92 Å². The van der Waals surface area contributed by atoms with E-state index in [-0.39, 0.29) is 43.5 Å². The zero-order chi connectivity index (χ0) is 18.6. The highest BCUT2D eigenvalue weighted by Crippen LogP contribution is 2.34. The summed E-state index contributed by atoms with van der Waals surface area (Å²) in [4.78, 5) is 25.7. The smallest absolute Gasteiger partial charge is 0.392 e. The van der Waals surface area contributed by atoms with Crippen LogP contribution in [-0.2, 0) is 15.8 Å². The summed E-state index contributed by atoms with van der Waals surface area (Å²) in [5.74, 6) is -1.08. The number of halogens is 4. The molecule has 0 aliphatic carbocycles. The zero-order valence-corrected chi connectivity index (χ0v) is 14.9. The molecular weight excluding hydrogens is 375 g/mol. The van der Waals surface area contributed by atoms with Gasteiger partial charge in [0.2, 0.25) is 11.8 Å². The van der Waals surface area contributed by atoms with Gasteiger partial charge in [0.05, 0.1) is 29.9 Å². The van der Waals surface area contributed by atoms with Crippen molar-refractivity contribution in [2.45, 2.75) is 31.7 Å². The number of amides is 2. The van der Waals surface area contributed by atoms with Crippen molar-refractivity contribution in [3.63, 3.8) is 0 Å². The minimum atomic E-state index is -4.59. The Bertz CT molecular complexity index is 643. The number of alkyl halides is 3. The summed E-state index contributed by atoms with van der Waals surface area (Å²) in [7, 11) is 0. The molecule has 10 heteroatoms. The molecule has 1 aliphatic heterocycles. The molecule has 0 aromatic heterocycles. The fourth-order valence-electron chi connectivity index (χ4n) is 2.67. The molecule has 1 fully saturated rings. The number of β-amino-alcohol motifs (C(OH)–C–C–N with tert-alkyl or cyclic N) is 1. The average Bonchev–Trinajstić information content (AvgIpc) is 2.98. The number of anilines is 1. The predicted octanol–water partition coefficient (Wildman–Crippen LogP) is 1.64. The molecule has 0 radical (unpaired) electrons. The number of hydrogen-bond donors (Lipinski definition) is 3. The quantitative estimate of drug-likeness (QED) is 0.708. The Morgan fingerprint density at radius 2 is 2.00 bits per heavy atom. The van der Waals surface area contributed by atoms with E-state index in [9.17, 15) is 27.9 Å². The topological polar surface area (TPSA) is 81.7 Å². The van der Waals surface area contributed by atoms with Gasteiger partial charge in [-0.05, 0) is 25.5 Å². The Morgan fingerprint density at radius 3 is 2.54 bits per heavy atom. The van der Waals surface area contributed by atoms with Crippen molar-refractivity contribution in [3.05, 3.63) is 29.8 Å². The molecular formula is C16H21ClF3N3O3. The van der Waals surface area contributed by atoms with Crippen LogP contribution in [0.4, 0.5) is 18.9 Å². The summed E-state index contributed by atoms with van der Waals surface area (Å²) in [6.07, 6.45) is -4.97. The summed E-state index contributed by atoms with van der Waals surface area (Å²) < 4.78 is 38.8. The lowest BCUT2D eigenvalue weighted by Gasteiger charge is -2.24. The first-order chi connectivity index (χ1) is 11.7. The third kappa shape index (κ3) is 5.58. The Balaban J connectivity index is 0.00000338. The third-order valence-corrected chi connectivity index (χ3v) is 3.94. The molecule has 6 nitrogen and oxygen atoms in total. The Hall–Kier alpha value is -1.84. The van der Waals surface area contributed by atoms with Crippen molar-refractivity contribution in [2.24, 2.45) is 0 Å². The fraction of sp³-hybridized carbons (Fsp3) is 0.500. The molecule has 1 aliphatic rings. The highest BCUT2D eigenvalue weighted by atomic mass is 35.5. The second-order valence-electron chi connectivity index (χ2n) is 5.79. The molecule has 2 amide bonds. The SMILES string of the molecule is CCN(CC(=O)Nc1ccccc1C(F)(F)F)C(=O)C1CC(O)CN1.Cl. The second kappa shape index (κ2) is 9.20. The minimum Gasteiger partial charge on any atom is -0.392 e. The number of rotatable bonds is 5. The van der Waals surface area contributed by atoms with Gasteiger partial charge >= 0.3 is 6.18 Å². The maximum Gasteiger partial charge on any atom is 0.418 e. The zero-order valence-electron chi connectivity index (χ0n) is 14.0. The molecule has 0 bridgehead atoms. The highest BCUT2D eigenvalue weighted by Gasteiger charge is 2.34. The van der Waals surface area contributed by atoms with Crippen LogP contribution >= 0.6 is 12.4 Å². The monoisotopic (exact) mass is 395 g/mol. The minimum absolute atomic E-state index is 0. The first-order valence-corrected chi connectivity index (χ1v) is 7.88. The standard InChI is InChI=1S/C16H20F3N3O3.ClH/c1-2-22(15(25)13-7-10(23)8-20-13)9-14(24)21-12-6-4-3-5-11(12)16(17,18)19;/h3-6,10,13,20,23H,2,7-9H2,1H3,(H,21,24);1H. The number of para-hydroxylation sites is 1. The van der Waals surface area contributed by atoms with Crippen LogP contribution in [0.5, 0.6) is 0 Å². The maximum atomic E-state index is 12.9. The maximum absolute atomic E-state index is 12.9. The Kier molecular flexibility index (Phi) is 7.86. The third-order valence-electron chi connectivity index (χ3n) is 3.94. The number of aliphatic hydroxyl groups is 1. The van der Waals surface area contributed by atoms with Crippen molar-refractivity contribution in [3.8, 4) is 0 Å². The first kappa shape index (κ1) is 22.2. The van der Waals surface area contributed by atoms with Crippen LogP contribution in [0.3, 0.4) is 0 Å². The van der Waals surface area contributed by atoms with Crippen LogP contribution < -0.4 is 10.6 Å². The molecule has 26 heavy (non-hydrogen) atoms. The Morgan fingerprint density at radius 1 is 1.35 bits per heavy atom. The molecule has 3 N–H and O–H groups in total. The number of benzene rings is 1. The summed E-state index contributed by atoms with van der Waals surface area (Å²) in [6.45, 7) is 1.82. The molecule has 2 rings (SSSR count). The average molecular weight is 396 g/mol. The summed E-state index contributed by atoms with van der Waals surface area (Å²) in [5.41, 5.74) is -1.30. The van der Waals surface area contributed by atoms with E-state index in [1.807, 2.05) is 0 Å². The predicted molar refractivity (Wildman–Crippen MR) is 92.0 cm³/mol. The normalized spacial score (nSPS) is 19.6. The van der Waals surface area contributed by atoms with E-state index in [0.717, 1.165) is 12.1 Å². The lowest BCUT2D eigenvalue weighted by molar-refractivity contribution is -0.137. The van der Waals surface area contributed by atoms with Gasteiger partial charge in [-0.15, -0.1) is 12.4 Å². The van der Waals surface area contributed by atoms with Crippen molar-refractivity contribution in [1.29, 1.82) is 0 Å². The molecule has 2 unspecified atom stereocenters. The summed E-state index contributed by atoms with van der Waals surface area (Å²) >= 11 is 0. The molecule has 2 atom stereocenters. The second-order valence-corrected chi connectivity index (χ2v) is 5.79. The number of aliphatic hydroxyl groups excluding tert-OH is 1. The summed E-state index contributed by atoms with van der Waals surface area (Å²) in [5, 5.41) is 14.5. The van der Waals surface area contributed by atoms with Crippen LogP contribution in [0.25, 0.3) is 0 Å². The molecule has 1 aromatic rings. The number of carbonyl (C=O) groups excluding carboxylic acids is 2. The van der Waals surface area contributed by atoms with Gasteiger partial charge in [-0.2, -0.15) is 13.2 Å². The van der Waals surface area contributed by atoms with Crippen molar-refractivity contribution >= 4 is 29.9 Å². The van der Waals surface area contributed by atoms with Gasteiger partial charge in [0.1, 0.15) is 0 Å². The Labute approximate surface area is 155 Å². The molecule has 1 heterocycles. The van der Waals surface area contributed by atoms with E-state index >= 15 is 0 Å². The van der Waals surface area contributed by atoms with E-state index in [1.165, 1.54) is 17.0 Å². The highest BCUT2D eigenvalue weighted by molar-refractivity contribution is 5.96. The van der Waals surface area contributed by atoms with E-state index in [2.05, 4.69) is 10.6 Å². The van der Waals surface area contributed by atoms with Gasteiger partial charge in [-0.3, -0.25) is 9.59 Å². The van der Waals surface area contributed by atoms with Gasteiger partial charge in [0, 0.05) is 13.1 Å². The largest absolute Gasteiger partial charge is 0.418 e. The number of nitrogens with zero attached hydrogens (tertiary/aromatic N) is 1. The van der Waals surface area contributed by atoms with E-state index in [4.69, 9.17) is 0 Å². The van der Waals surface area contributed by atoms with Crippen LogP contribution in [0.15, 0.2) is 24.3 Å². The van der Waals surface area contributed by atoms with Crippen LogP contribution in [0.1, 0.15) is 18.9 Å². The fourth-order valence-corrected chi connectivity index (χ4v) is 2.67. The van der Waals surface area contributed by atoms with Crippen molar-refractivity contribution < 1.29 is 27.9 Å². The van der Waals surface area contributed by atoms with Crippen LogP contribution in [0.2, 0.25) is 0 Å². The number of likely N-dealkylation sites (N-methyl/N-ethyl adjacent to an activating group) is 1. The van der Waals surface area contributed by atoms with Gasteiger partial charge in [-0.25, -0.2) is 0 Å². The van der Waals surface area contributed by atoms with Crippen molar-refractivity contribution in [2.75, 3.05) is 25.0 Å². The molecule has 146 valence electrons. The van der Waals surface area contributed by atoms with Gasteiger partial charge in [0.25, 0.3) is 0 Å².